The van der Waals surface area contributed by atoms with Gasteiger partial charge in [-0.25, -0.2) is 8.78 Å². The average Bonchev–Trinajstić information content (AvgIpc) is 3.00. The summed E-state index contributed by atoms with van der Waals surface area (Å²) in [6.07, 6.45) is 2.09. The van der Waals surface area contributed by atoms with Gasteiger partial charge in [-0.05, 0) is 24.1 Å². The molecule has 1 atom stereocenters. The van der Waals surface area contributed by atoms with Crippen LogP contribution in [0.4, 0.5) is 8.78 Å². The van der Waals surface area contributed by atoms with Crippen molar-refractivity contribution in [2.75, 3.05) is 6.54 Å². The van der Waals surface area contributed by atoms with Gasteiger partial charge in [0.25, 0.3) is 0 Å². The van der Waals surface area contributed by atoms with Crippen molar-refractivity contribution in [2.24, 2.45) is 5.92 Å². The molecule has 1 heterocycles. The van der Waals surface area contributed by atoms with E-state index in [1.165, 1.54) is 12.1 Å². The number of nitrogens with one attached hydrogen (secondary N) is 1. The van der Waals surface area contributed by atoms with Crippen molar-refractivity contribution in [3.63, 3.8) is 0 Å². The van der Waals surface area contributed by atoms with Gasteiger partial charge in [0.2, 0.25) is 5.91 Å². The number of carbonyl (C=O) groups excluding carboxylic acids is 1. The third-order valence-electron chi connectivity index (χ3n) is 4.15. The minimum absolute atomic E-state index is 0.123. The molecule has 0 fully saturated rings. The van der Waals surface area contributed by atoms with Crippen LogP contribution in [0.15, 0.2) is 48.7 Å². The molecule has 3 aromatic rings. The second-order valence-electron chi connectivity index (χ2n) is 6.06. The Hall–Kier alpha value is -2.76. The van der Waals surface area contributed by atoms with E-state index in [0.29, 0.717) is 25.1 Å². The molecule has 0 radical (unpaired) electrons. The van der Waals surface area contributed by atoms with Crippen LogP contribution in [-0.4, -0.2) is 22.2 Å². The molecule has 3 rings (SSSR count). The van der Waals surface area contributed by atoms with E-state index in [-0.39, 0.29) is 11.8 Å². The topological polar surface area (TPSA) is 46.9 Å². The van der Waals surface area contributed by atoms with Gasteiger partial charge in [0.05, 0.1) is 24.2 Å². The first-order valence-corrected chi connectivity index (χ1v) is 8.17. The van der Waals surface area contributed by atoms with Gasteiger partial charge in [0.15, 0.2) is 0 Å². The fraction of sp³-hybridized carbons (Fsp3) is 0.263. The minimum Gasteiger partial charge on any atom is -0.355 e. The summed E-state index contributed by atoms with van der Waals surface area (Å²) in [4.78, 5) is 12.2. The fourth-order valence-electron chi connectivity index (χ4n) is 2.73. The van der Waals surface area contributed by atoms with E-state index in [1.54, 1.807) is 10.9 Å². The molecule has 1 aromatic heterocycles. The normalized spacial score (nSPS) is 12.3. The lowest BCUT2D eigenvalue weighted by Gasteiger charge is -2.13. The zero-order valence-corrected chi connectivity index (χ0v) is 13.9. The van der Waals surface area contributed by atoms with E-state index in [9.17, 15) is 13.6 Å². The number of hydrogen-bond donors (Lipinski definition) is 1. The van der Waals surface area contributed by atoms with E-state index in [4.69, 9.17) is 0 Å². The number of hydrogen-bond acceptors (Lipinski definition) is 2. The Morgan fingerprint density at radius 3 is 2.84 bits per heavy atom. The number of carbonyl (C=O) groups is 1. The lowest BCUT2D eigenvalue weighted by molar-refractivity contribution is -0.124. The second-order valence-corrected chi connectivity index (χ2v) is 6.06. The molecule has 0 bridgehead atoms. The summed E-state index contributed by atoms with van der Waals surface area (Å²) in [6.45, 7) is 2.58. The van der Waals surface area contributed by atoms with Gasteiger partial charge in [0.1, 0.15) is 11.6 Å². The van der Waals surface area contributed by atoms with Crippen molar-refractivity contribution in [1.82, 2.24) is 15.1 Å². The standard InChI is InChI=1S/C19H19F2N3O/c1-13(12-24-18-5-3-2-4-15(18)11-23-24)19(25)22-9-8-14-6-7-16(20)10-17(14)21/h2-7,10-11,13H,8-9,12H2,1H3,(H,22,25). The molecule has 0 aliphatic carbocycles. The van der Waals surface area contributed by atoms with Crippen LogP contribution in [0.25, 0.3) is 10.9 Å². The Morgan fingerprint density at radius 2 is 2.04 bits per heavy atom. The van der Waals surface area contributed by atoms with Gasteiger partial charge in [-0.15, -0.1) is 0 Å². The molecule has 0 aliphatic heterocycles. The Balaban J connectivity index is 1.54. The van der Waals surface area contributed by atoms with Crippen LogP contribution in [0.5, 0.6) is 0 Å². The molecule has 0 aliphatic rings. The molecule has 0 saturated carbocycles. The summed E-state index contributed by atoms with van der Waals surface area (Å²) < 4.78 is 28.3. The zero-order valence-electron chi connectivity index (χ0n) is 13.9. The van der Waals surface area contributed by atoms with Crippen LogP contribution in [-0.2, 0) is 17.8 Å². The lowest BCUT2D eigenvalue weighted by Crippen LogP contribution is -2.33. The monoisotopic (exact) mass is 343 g/mol. The highest BCUT2D eigenvalue weighted by atomic mass is 19.1. The first-order valence-electron chi connectivity index (χ1n) is 8.17. The Bertz CT molecular complexity index is 891. The first-order chi connectivity index (χ1) is 12.0. The molecule has 1 unspecified atom stereocenters. The van der Waals surface area contributed by atoms with Gasteiger partial charge in [-0.3, -0.25) is 9.48 Å². The predicted octanol–water partition coefficient (Wildman–Crippen LogP) is 3.31. The van der Waals surface area contributed by atoms with Crippen LogP contribution in [0.2, 0.25) is 0 Å². The average molecular weight is 343 g/mol. The molecule has 25 heavy (non-hydrogen) atoms. The highest BCUT2D eigenvalue weighted by Gasteiger charge is 2.15. The summed E-state index contributed by atoms with van der Waals surface area (Å²) in [5.74, 6) is -1.60. The summed E-state index contributed by atoms with van der Waals surface area (Å²) >= 11 is 0. The molecule has 1 amide bonds. The van der Waals surface area contributed by atoms with E-state index < -0.39 is 11.6 Å². The molecule has 130 valence electrons. The number of benzene rings is 2. The van der Waals surface area contributed by atoms with E-state index in [0.717, 1.165) is 17.0 Å². The number of halogens is 2. The summed E-state index contributed by atoms with van der Waals surface area (Å²) in [5, 5.41) is 8.14. The Kier molecular flexibility index (Phi) is 5.07. The third-order valence-corrected chi connectivity index (χ3v) is 4.15. The number of amides is 1. The van der Waals surface area contributed by atoms with Crippen LogP contribution in [0.1, 0.15) is 12.5 Å². The quantitative estimate of drug-likeness (QED) is 0.746. The minimum atomic E-state index is -0.606. The summed E-state index contributed by atoms with van der Waals surface area (Å²) in [6, 6.07) is 11.3. The molecule has 0 saturated heterocycles. The third kappa shape index (κ3) is 4.02. The predicted molar refractivity (Wildman–Crippen MR) is 92.0 cm³/mol. The van der Waals surface area contributed by atoms with Crippen molar-refractivity contribution < 1.29 is 13.6 Å². The number of aromatic nitrogens is 2. The van der Waals surface area contributed by atoms with E-state index in [1.807, 2.05) is 31.2 Å². The van der Waals surface area contributed by atoms with Crippen LogP contribution >= 0.6 is 0 Å². The number of nitrogens with zero attached hydrogens (tertiary/aromatic N) is 2. The largest absolute Gasteiger partial charge is 0.355 e. The molecular weight excluding hydrogens is 324 g/mol. The second kappa shape index (κ2) is 7.42. The maximum atomic E-state index is 13.6. The van der Waals surface area contributed by atoms with Crippen LogP contribution in [0, 0.1) is 17.6 Å². The molecule has 0 spiro atoms. The van der Waals surface area contributed by atoms with Gasteiger partial charge >= 0.3 is 0 Å². The van der Waals surface area contributed by atoms with Crippen molar-refractivity contribution in [2.45, 2.75) is 19.9 Å². The Labute approximate surface area is 144 Å². The molecule has 1 N–H and O–H groups in total. The van der Waals surface area contributed by atoms with E-state index >= 15 is 0 Å². The van der Waals surface area contributed by atoms with Crippen molar-refractivity contribution in [3.8, 4) is 0 Å². The number of rotatable bonds is 6. The van der Waals surface area contributed by atoms with Gasteiger partial charge in [-0.1, -0.05) is 31.2 Å². The van der Waals surface area contributed by atoms with Crippen LogP contribution < -0.4 is 5.32 Å². The van der Waals surface area contributed by atoms with Crippen molar-refractivity contribution in [3.05, 3.63) is 65.9 Å². The zero-order chi connectivity index (χ0) is 17.8. The fourth-order valence-corrected chi connectivity index (χ4v) is 2.73. The number of fused-ring (bicyclic) bond motifs is 1. The first kappa shape index (κ1) is 17.1. The highest BCUT2D eigenvalue weighted by Crippen LogP contribution is 2.14. The SMILES string of the molecule is CC(Cn1ncc2ccccc21)C(=O)NCCc1ccc(F)cc1F. The molecule has 2 aromatic carbocycles. The highest BCUT2D eigenvalue weighted by molar-refractivity contribution is 5.80. The Morgan fingerprint density at radius 1 is 1.24 bits per heavy atom. The smallest absolute Gasteiger partial charge is 0.224 e. The maximum absolute atomic E-state index is 13.6. The van der Waals surface area contributed by atoms with Crippen molar-refractivity contribution in [1.29, 1.82) is 0 Å². The van der Waals surface area contributed by atoms with Crippen LogP contribution in [0.3, 0.4) is 0 Å². The lowest BCUT2D eigenvalue weighted by atomic mass is 10.1. The van der Waals surface area contributed by atoms with Crippen molar-refractivity contribution >= 4 is 16.8 Å². The van der Waals surface area contributed by atoms with Gasteiger partial charge in [0, 0.05) is 18.0 Å². The van der Waals surface area contributed by atoms with Gasteiger partial charge < -0.3 is 5.32 Å². The molecule has 4 nitrogen and oxygen atoms in total. The molecular formula is C19H19F2N3O. The van der Waals surface area contributed by atoms with E-state index in [2.05, 4.69) is 10.4 Å². The van der Waals surface area contributed by atoms with Gasteiger partial charge in [-0.2, -0.15) is 5.10 Å². The number of para-hydroxylation sites is 1. The summed E-state index contributed by atoms with van der Waals surface area (Å²) in [7, 11) is 0. The maximum Gasteiger partial charge on any atom is 0.224 e. The molecule has 6 heteroatoms. The summed E-state index contributed by atoms with van der Waals surface area (Å²) in [5.41, 5.74) is 1.36.